The average Bonchev–Trinajstić information content (AvgIpc) is 3.53. The molecule has 0 radical (unpaired) electrons. The number of ether oxygens (including phenoxy) is 1. The first-order chi connectivity index (χ1) is 25.2. The van der Waals surface area contributed by atoms with Gasteiger partial charge in [-0.05, 0) is 41.7 Å². The van der Waals surface area contributed by atoms with Crippen LogP contribution in [-0.2, 0) is 30.5 Å². The third kappa shape index (κ3) is 13.1. The summed E-state index contributed by atoms with van der Waals surface area (Å²) >= 11 is 0. The highest BCUT2D eigenvalue weighted by Gasteiger charge is 2.38. The van der Waals surface area contributed by atoms with E-state index in [4.69, 9.17) is 10.5 Å². The van der Waals surface area contributed by atoms with Gasteiger partial charge in [-0.1, -0.05) is 58.0 Å². The number of halogens is 2. The zero-order chi connectivity index (χ0) is 39.1. The summed E-state index contributed by atoms with van der Waals surface area (Å²) in [5.41, 5.74) is 7.40. The van der Waals surface area contributed by atoms with Gasteiger partial charge in [0.15, 0.2) is 0 Å². The van der Waals surface area contributed by atoms with Gasteiger partial charge in [-0.3, -0.25) is 19.2 Å². The lowest BCUT2D eigenvalue weighted by atomic mass is 9.82. The van der Waals surface area contributed by atoms with Crippen molar-refractivity contribution in [1.82, 2.24) is 25.4 Å². The highest BCUT2D eigenvalue weighted by atomic mass is 19.1. The van der Waals surface area contributed by atoms with E-state index in [0.29, 0.717) is 24.2 Å². The third-order valence-electron chi connectivity index (χ3n) is 8.85. The molecule has 3 rings (SSSR count). The van der Waals surface area contributed by atoms with Crippen LogP contribution in [0.2, 0.25) is 0 Å². The molecule has 3 aromatic rings. The third-order valence-corrected chi connectivity index (χ3v) is 8.85. The van der Waals surface area contributed by atoms with Crippen LogP contribution in [-0.4, -0.2) is 90.2 Å². The quantitative estimate of drug-likeness (QED) is 0.110. The fourth-order valence-corrected chi connectivity index (χ4v) is 6.16. The van der Waals surface area contributed by atoms with Gasteiger partial charge < -0.3 is 41.0 Å². The molecule has 2 aromatic carbocycles. The van der Waals surface area contributed by atoms with Crippen molar-refractivity contribution >= 4 is 23.6 Å². The van der Waals surface area contributed by atoms with E-state index in [2.05, 4.69) is 16.0 Å². The maximum Gasteiger partial charge on any atom is 0.248 e. The molecule has 0 saturated heterocycles. The summed E-state index contributed by atoms with van der Waals surface area (Å²) in [7, 11) is 1.55. The van der Waals surface area contributed by atoms with Crippen molar-refractivity contribution in [3.63, 3.8) is 0 Å². The second-order valence-electron chi connectivity index (χ2n) is 14.0. The Labute approximate surface area is 310 Å². The van der Waals surface area contributed by atoms with Crippen LogP contribution in [0.5, 0.6) is 0 Å². The number of nitrogens with zero attached hydrogens (tertiary/aromatic N) is 2. The van der Waals surface area contributed by atoms with E-state index < -0.39 is 47.6 Å². The number of rotatable bonds is 20. The first-order valence-corrected chi connectivity index (χ1v) is 17.9. The molecular formula is C39H54F2N6O6. The minimum absolute atomic E-state index is 0.0545. The van der Waals surface area contributed by atoms with Crippen LogP contribution in [0.4, 0.5) is 8.78 Å². The lowest BCUT2D eigenvalue weighted by Gasteiger charge is -2.42. The van der Waals surface area contributed by atoms with Gasteiger partial charge in [0.05, 0.1) is 24.6 Å². The number of aliphatic hydroxyl groups excluding tert-OH is 1. The molecule has 1 heterocycles. The van der Waals surface area contributed by atoms with Crippen molar-refractivity contribution in [2.24, 2.45) is 11.1 Å². The van der Waals surface area contributed by atoms with Gasteiger partial charge in [0.25, 0.3) is 0 Å². The zero-order valence-electron chi connectivity index (χ0n) is 31.3. The highest BCUT2D eigenvalue weighted by Crippen LogP contribution is 2.41. The van der Waals surface area contributed by atoms with Crippen molar-refractivity contribution in [1.29, 1.82) is 0 Å². The Hall–Kier alpha value is -4.66. The number of nitrogens with two attached hydrogens (primary N) is 1. The Morgan fingerprint density at radius 1 is 0.962 bits per heavy atom. The molecule has 12 nitrogen and oxygen atoms in total. The molecule has 0 aliphatic rings. The number of nitrogens with one attached hydrogen (secondary N) is 3. The Balaban J connectivity index is 1.78. The second kappa shape index (κ2) is 20.5. The predicted molar refractivity (Wildman–Crippen MR) is 198 cm³/mol. The van der Waals surface area contributed by atoms with Gasteiger partial charge >= 0.3 is 0 Å². The lowest BCUT2D eigenvalue weighted by molar-refractivity contribution is -0.140. The molecule has 0 bridgehead atoms. The molecule has 6 N–H and O–H groups in total. The van der Waals surface area contributed by atoms with E-state index in [-0.39, 0.29) is 68.9 Å². The van der Waals surface area contributed by atoms with Crippen molar-refractivity contribution < 1.29 is 37.8 Å². The summed E-state index contributed by atoms with van der Waals surface area (Å²) in [5.74, 6) is -2.87. The number of aromatic nitrogens is 1. The molecule has 53 heavy (non-hydrogen) atoms. The van der Waals surface area contributed by atoms with E-state index in [1.807, 2.05) is 62.6 Å². The molecule has 0 saturated carbocycles. The maximum atomic E-state index is 15.0. The van der Waals surface area contributed by atoms with Crippen molar-refractivity contribution in [2.45, 2.75) is 78.1 Å². The van der Waals surface area contributed by atoms with E-state index in [1.54, 1.807) is 19.4 Å². The van der Waals surface area contributed by atoms with Crippen LogP contribution in [0.15, 0.2) is 60.8 Å². The van der Waals surface area contributed by atoms with Crippen LogP contribution in [0, 0.1) is 17.0 Å². The topological polar surface area (TPSA) is 168 Å². The molecule has 1 aromatic heterocycles. The van der Waals surface area contributed by atoms with Gasteiger partial charge in [-0.15, -0.1) is 0 Å². The van der Waals surface area contributed by atoms with Gasteiger partial charge in [0.2, 0.25) is 23.6 Å². The molecule has 0 spiro atoms. The smallest absolute Gasteiger partial charge is 0.248 e. The van der Waals surface area contributed by atoms with Gasteiger partial charge in [-0.2, -0.15) is 0 Å². The Morgan fingerprint density at radius 2 is 1.62 bits per heavy atom. The number of amides is 4. The van der Waals surface area contributed by atoms with Crippen molar-refractivity contribution in [3.8, 4) is 11.1 Å². The van der Waals surface area contributed by atoms with Gasteiger partial charge in [0.1, 0.15) is 18.2 Å². The molecule has 0 aliphatic carbocycles. The zero-order valence-corrected chi connectivity index (χ0v) is 31.3. The molecule has 290 valence electrons. The van der Waals surface area contributed by atoms with Crippen LogP contribution >= 0.6 is 0 Å². The minimum atomic E-state index is -0.825. The lowest BCUT2D eigenvalue weighted by Crippen LogP contribution is -2.53. The number of hydrogen-bond acceptors (Lipinski definition) is 7. The monoisotopic (exact) mass is 740 g/mol. The van der Waals surface area contributed by atoms with E-state index >= 15 is 4.39 Å². The van der Waals surface area contributed by atoms with E-state index in [0.717, 1.165) is 23.8 Å². The van der Waals surface area contributed by atoms with E-state index in [9.17, 15) is 28.7 Å². The predicted octanol–water partition coefficient (Wildman–Crippen LogP) is 3.66. The number of hydrogen-bond donors (Lipinski definition) is 5. The Bertz CT molecular complexity index is 1660. The maximum absolute atomic E-state index is 15.0. The second-order valence-corrected chi connectivity index (χ2v) is 14.0. The van der Waals surface area contributed by atoms with Gasteiger partial charge in [0, 0.05) is 75.7 Å². The number of methoxy groups -OCH3 is 1. The minimum Gasteiger partial charge on any atom is -0.387 e. The number of benzene rings is 2. The highest BCUT2D eigenvalue weighted by molar-refractivity contribution is 5.84. The Kier molecular flexibility index (Phi) is 16.6. The fourth-order valence-electron chi connectivity index (χ4n) is 6.16. The normalized spacial score (nSPS) is 13.2. The van der Waals surface area contributed by atoms with Crippen LogP contribution in [0.3, 0.4) is 0 Å². The summed E-state index contributed by atoms with van der Waals surface area (Å²) in [6.07, 6.45) is 2.19. The number of aliphatic hydroxyl groups is 1. The van der Waals surface area contributed by atoms with Crippen LogP contribution in [0.25, 0.3) is 11.1 Å². The Morgan fingerprint density at radius 3 is 2.23 bits per heavy atom. The summed E-state index contributed by atoms with van der Waals surface area (Å²) in [6.45, 7) is 7.46. The van der Waals surface area contributed by atoms with Crippen molar-refractivity contribution in [2.75, 3.05) is 39.9 Å². The molecule has 0 aliphatic heterocycles. The molecule has 3 unspecified atom stereocenters. The molecule has 4 amide bonds. The first kappa shape index (κ1) is 42.8. The fraction of sp³-hybridized carbons (Fsp3) is 0.487. The van der Waals surface area contributed by atoms with Gasteiger partial charge in [-0.25, -0.2) is 8.78 Å². The summed E-state index contributed by atoms with van der Waals surface area (Å²) in [6, 6.07) is 13.0. The summed E-state index contributed by atoms with van der Waals surface area (Å²) in [4.78, 5) is 52.4. The standard InChI is InChI=1S/C39H54F2N6O6/c1-6-30(53-5)20-36(51)44-17-16-43-34(49)14-15-35(50)45-29(21-42)24-47(37(52)25-48)38(39(2,3)4)33-18-27(31-19-28(40)12-13-32(31)41)23-46(33)22-26-10-8-7-9-11-26/h7-13,18-19,23,29-30,38,48H,6,14-17,20-22,24-25,42H2,1-5H3,(H,43,49)(H,44,51)(H,45,50). The number of carbonyl (C=O) groups is 4. The molecular weight excluding hydrogens is 686 g/mol. The molecule has 14 heteroatoms. The first-order valence-electron chi connectivity index (χ1n) is 17.9. The van der Waals surface area contributed by atoms with Crippen molar-refractivity contribution in [3.05, 3.63) is 83.7 Å². The molecule has 3 atom stereocenters. The van der Waals surface area contributed by atoms with Crippen LogP contribution < -0.4 is 21.7 Å². The SMILES string of the molecule is CCC(CC(=O)NCCNC(=O)CCC(=O)NC(CN)CN(C(=O)CO)C(c1cc(-c2cc(F)ccc2F)cn1Cc1ccccc1)C(C)(C)C)OC. The average molecular weight is 741 g/mol. The summed E-state index contributed by atoms with van der Waals surface area (Å²) in [5, 5.41) is 18.3. The van der Waals surface area contributed by atoms with E-state index in [1.165, 1.54) is 4.90 Å². The largest absolute Gasteiger partial charge is 0.387 e. The van der Waals surface area contributed by atoms with Crippen LogP contribution in [0.1, 0.15) is 70.7 Å². The molecule has 0 fully saturated rings. The number of carbonyl (C=O) groups excluding carboxylic acids is 4. The summed E-state index contributed by atoms with van der Waals surface area (Å²) < 4.78 is 36.4.